The molecular formula is C20H25N3OS. The quantitative estimate of drug-likeness (QED) is 0.876. The van der Waals surface area contributed by atoms with Crippen LogP contribution in [0.5, 0.6) is 0 Å². The summed E-state index contributed by atoms with van der Waals surface area (Å²) in [5, 5.41) is 5.21. The highest BCUT2D eigenvalue weighted by atomic mass is 32.1. The smallest absolute Gasteiger partial charge is 0.229 e. The van der Waals surface area contributed by atoms with Crippen LogP contribution in [-0.2, 0) is 11.2 Å². The molecule has 0 bridgehead atoms. The van der Waals surface area contributed by atoms with Gasteiger partial charge in [-0.15, -0.1) is 11.3 Å². The molecule has 1 aromatic carbocycles. The fraction of sp³-hybridized carbons (Fsp3) is 0.450. The maximum absolute atomic E-state index is 12.5. The highest BCUT2D eigenvalue weighted by Crippen LogP contribution is 2.34. The van der Waals surface area contributed by atoms with E-state index in [0.29, 0.717) is 6.42 Å². The Morgan fingerprint density at radius 1 is 1.00 bits per heavy atom. The molecule has 4 nitrogen and oxygen atoms in total. The lowest BCUT2D eigenvalue weighted by atomic mass is 10.2. The summed E-state index contributed by atoms with van der Waals surface area (Å²) in [6.07, 6.45) is 5.43. The largest absolute Gasteiger partial charge is 0.371 e. The van der Waals surface area contributed by atoms with E-state index in [2.05, 4.69) is 33.3 Å². The molecule has 0 atom stereocenters. The number of benzene rings is 1. The van der Waals surface area contributed by atoms with Gasteiger partial charge in [0.25, 0.3) is 0 Å². The number of hydrogen-bond donors (Lipinski definition) is 1. The maximum atomic E-state index is 12.5. The molecule has 0 aliphatic carbocycles. The Morgan fingerprint density at radius 3 is 2.40 bits per heavy atom. The standard InChI is InChI=1S/C20H25N3OS/c24-20(15-17-6-5-13-25-17)21-18-14-16(22-9-1-2-10-22)7-8-19(18)23-11-3-4-12-23/h5-8,13-14H,1-4,9-12,15H2,(H,21,24). The van der Waals surface area contributed by atoms with Crippen LogP contribution in [0.1, 0.15) is 30.6 Å². The van der Waals surface area contributed by atoms with Gasteiger partial charge in [0, 0.05) is 36.7 Å². The van der Waals surface area contributed by atoms with Crippen LogP contribution in [0.25, 0.3) is 0 Å². The third-order valence-corrected chi connectivity index (χ3v) is 5.96. The van der Waals surface area contributed by atoms with Crippen LogP contribution in [0.3, 0.4) is 0 Å². The van der Waals surface area contributed by atoms with E-state index in [1.54, 1.807) is 11.3 Å². The second-order valence-corrected chi connectivity index (χ2v) is 7.93. The summed E-state index contributed by atoms with van der Waals surface area (Å²) in [6, 6.07) is 10.6. The van der Waals surface area contributed by atoms with Crippen LogP contribution in [-0.4, -0.2) is 32.1 Å². The number of amides is 1. The Bertz CT molecular complexity index is 717. The van der Waals surface area contributed by atoms with Gasteiger partial charge in [-0.25, -0.2) is 0 Å². The van der Waals surface area contributed by atoms with Crippen molar-refractivity contribution in [1.29, 1.82) is 0 Å². The fourth-order valence-corrected chi connectivity index (χ4v) is 4.50. The summed E-state index contributed by atoms with van der Waals surface area (Å²) in [7, 11) is 0. The molecule has 25 heavy (non-hydrogen) atoms. The molecule has 0 radical (unpaired) electrons. The molecule has 3 heterocycles. The molecule has 1 aromatic heterocycles. The van der Waals surface area contributed by atoms with Crippen LogP contribution in [0.4, 0.5) is 17.1 Å². The molecule has 2 saturated heterocycles. The normalized spacial score (nSPS) is 17.3. The van der Waals surface area contributed by atoms with Crippen molar-refractivity contribution >= 4 is 34.3 Å². The molecule has 0 spiro atoms. The topological polar surface area (TPSA) is 35.6 Å². The number of nitrogens with one attached hydrogen (secondary N) is 1. The van der Waals surface area contributed by atoms with Gasteiger partial charge in [0.1, 0.15) is 0 Å². The monoisotopic (exact) mass is 355 g/mol. The number of nitrogens with zero attached hydrogens (tertiary/aromatic N) is 2. The van der Waals surface area contributed by atoms with E-state index in [0.717, 1.165) is 36.7 Å². The first-order chi connectivity index (χ1) is 12.3. The predicted molar refractivity (Wildman–Crippen MR) is 106 cm³/mol. The lowest BCUT2D eigenvalue weighted by molar-refractivity contribution is -0.115. The van der Waals surface area contributed by atoms with Gasteiger partial charge in [-0.05, 0) is 55.3 Å². The number of carbonyl (C=O) groups excluding carboxylic acids is 1. The lowest BCUT2D eigenvalue weighted by Crippen LogP contribution is -2.23. The van der Waals surface area contributed by atoms with E-state index in [-0.39, 0.29) is 5.91 Å². The van der Waals surface area contributed by atoms with Gasteiger partial charge in [0.05, 0.1) is 17.8 Å². The molecule has 132 valence electrons. The minimum atomic E-state index is 0.0708. The number of hydrogen-bond acceptors (Lipinski definition) is 4. The zero-order chi connectivity index (χ0) is 17.1. The Labute approximate surface area is 153 Å². The van der Waals surface area contributed by atoms with Crippen LogP contribution in [0.15, 0.2) is 35.7 Å². The SMILES string of the molecule is O=C(Cc1cccs1)Nc1cc(N2CCCC2)ccc1N1CCCC1. The molecule has 5 heteroatoms. The Balaban J connectivity index is 1.57. The van der Waals surface area contributed by atoms with Crippen molar-refractivity contribution in [2.75, 3.05) is 41.3 Å². The Hall–Kier alpha value is -2.01. The first kappa shape index (κ1) is 16.5. The van der Waals surface area contributed by atoms with Crippen molar-refractivity contribution in [3.8, 4) is 0 Å². The molecule has 2 aliphatic heterocycles. The molecule has 0 unspecified atom stereocenters. The number of anilines is 3. The van der Waals surface area contributed by atoms with Gasteiger partial charge >= 0.3 is 0 Å². The second-order valence-electron chi connectivity index (χ2n) is 6.89. The first-order valence-corrected chi connectivity index (χ1v) is 10.1. The minimum Gasteiger partial charge on any atom is -0.371 e. The van der Waals surface area contributed by atoms with E-state index in [1.807, 2.05) is 17.5 Å². The van der Waals surface area contributed by atoms with Gasteiger partial charge in [-0.2, -0.15) is 0 Å². The van der Waals surface area contributed by atoms with Crippen molar-refractivity contribution in [2.45, 2.75) is 32.1 Å². The summed E-state index contributed by atoms with van der Waals surface area (Å²) in [4.78, 5) is 18.5. The first-order valence-electron chi connectivity index (χ1n) is 9.26. The maximum Gasteiger partial charge on any atom is 0.229 e. The fourth-order valence-electron chi connectivity index (χ4n) is 3.80. The molecule has 2 aromatic rings. The lowest BCUT2D eigenvalue weighted by Gasteiger charge is -2.25. The Morgan fingerprint density at radius 2 is 1.72 bits per heavy atom. The third kappa shape index (κ3) is 3.82. The zero-order valence-electron chi connectivity index (χ0n) is 14.5. The third-order valence-electron chi connectivity index (χ3n) is 5.09. The average molecular weight is 356 g/mol. The van der Waals surface area contributed by atoms with Crippen molar-refractivity contribution in [2.24, 2.45) is 0 Å². The zero-order valence-corrected chi connectivity index (χ0v) is 15.4. The van der Waals surface area contributed by atoms with Gasteiger partial charge in [0.15, 0.2) is 0 Å². The van der Waals surface area contributed by atoms with Gasteiger partial charge in [-0.1, -0.05) is 6.07 Å². The van der Waals surface area contributed by atoms with E-state index < -0.39 is 0 Å². The van der Waals surface area contributed by atoms with E-state index in [9.17, 15) is 4.79 Å². The van der Waals surface area contributed by atoms with Gasteiger partial charge in [-0.3, -0.25) is 4.79 Å². The van der Waals surface area contributed by atoms with Crippen molar-refractivity contribution in [3.63, 3.8) is 0 Å². The van der Waals surface area contributed by atoms with Crippen molar-refractivity contribution < 1.29 is 4.79 Å². The van der Waals surface area contributed by atoms with Crippen LogP contribution in [0.2, 0.25) is 0 Å². The average Bonchev–Trinajstić information content (AvgIpc) is 3.37. The molecule has 0 saturated carbocycles. The molecule has 4 rings (SSSR count). The molecule has 1 N–H and O–H groups in total. The second kappa shape index (κ2) is 7.48. The summed E-state index contributed by atoms with van der Waals surface area (Å²) < 4.78 is 0. The van der Waals surface area contributed by atoms with Crippen molar-refractivity contribution in [3.05, 3.63) is 40.6 Å². The van der Waals surface area contributed by atoms with Crippen LogP contribution < -0.4 is 15.1 Å². The van der Waals surface area contributed by atoms with Crippen LogP contribution in [0, 0.1) is 0 Å². The Kier molecular flexibility index (Phi) is 4.92. The molecule has 2 fully saturated rings. The summed E-state index contributed by atoms with van der Waals surface area (Å²) >= 11 is 1.64. The van der Waals surface area contributed by atoms with Crippen LogP contribution >= 0.6 is 11.3 Å². The molecule has 2 aliphatic rings. The predicted octanol–water partition coefficient (Wildman–Crippen LogP) is 4.13. The van der Waals surface area contributed by atoms with E-state index >= 15 is 0 Å². The summed E-state index contributed by atoms with van der Waals surface area (Å²) in [5.74, 6) is 0.0708. The van der Waals surface area contributed by atoms with Crippen molar-refractivity contribution in [1.82, 2.24) is 0 Å². The number of rotatable bonds is 5. The van der Waals surface area contributed by atoms with Gasteiger partial charge in [0.2, 0.25) is 5.91 Å². The molecular weight excluding hydrogens is 330 g/mol. The number of thiophene rings is 1. The summed E-state index contributed by atoms with van der Waals surface area (Å²) in [5.41, 5.74) is 3.36. The van der Waals surface area contributed by atoms with Gasteiger partial charge < -0.3 is 15.1 Å². The highest BCUT2D eigenvalue weighted by Gasteiger charge is 2.20. The summed E-state index contributed by atoms with van der Waals surface area (Å²) in [6.45, 7) is 4.39. The highest BCUT2D eigenvalue weighted by molar-refractivity contribution is 7.10. The minimum absolute atomic E-state index is 0.0708. The molecule has 1 amide bonds. The van der Waals surface area contributed by atoms with E-state index in [1.165, 1.54) is 37.1 Å². The number of carbonyl (C=O) groups is 1. The van der Waals surface area contributed by atoms with E-state index in [4.69, 9.17) is 0 Å².